The van der Waals surface area contributed by atoms with Crippen molar-refractivity contribution in [3.63, 3.8) is 0 Å². The third-order valence-electron chi connectivity index (χ3n) is 5.74. The molecule has 1 unspecified atom stereocenters. The van der Waals surface area contributed by atoms with Crippen LogP contribution in [0.3, 0.4) is 0 Å². The van der Waals surface area contributed by atoms with Gasteiger partial charge in [0.05, 0.1) is 0 Å². The maximum atomic E-state index is 12.2. The predicted octanol–water partition coefficient (Wildman–Crippen LogP) is 5.63. The van der Waals surface area contributed by atoms with Crippen molar-refractivity contribution in [1.29, 1.82) is 0 Å². The highest BCUT2D eigenvalue weighted by molar-refractivity contribution is 6.21. The molecule has 1 aromatic carbocycles. The molecule has 2 N–H and O–H groups in total. The summed E-state index contributed by atoms with van der Waals surface area (Å²) in [7, 11) is 0. The molecule has 0 spiro atoms. The lowest BCUT2D eigenvalue weighted by molar-refractivity contribution is -0.123. The van der Waals surface area contributed by atoms with Gasteiger partial charge in [-0.1, -0.05) is 81.7 Å². The molecule has 0 aromatic heterocycles. The molecule has 1 atom stereocenters. The Kier molecular flexibility index (Phi) is 10.7. The second kappa shape index (κ2) is 13.3. The molecular formula is C25H36O4. The van der Waals surface area contributed by atoms with E-state index < -0.39 is 11.9 Å². The normalized spacial score (nSPS) is 17.0. The summed E-state index contributed by atoms with van der Waals surface area (Å²) in [5.74, 6) is -1.07. The van der Waals surface area contributed by atoms with Gasteiger partial charge in [-0.3, -0.25) is 9.59 Å². The maximum Gasteiger partial charge on any atom is 0.170 e. The molecule has 0 heterocycles. The van der Waals surface area contributed by atoms with Crippen LogP contribution in [0.4, 0.5) is 0 Å². The van der Waals surface area contributed by atoms with Crippen LogP contribution in [0.2, 0.25) is 0 Å². The van der Waals surface area contributed by atoms with Gasteiger partial charge in [0.15, 0.2) is 11.6 Å². The molecule has 160 valence electrons. The fourth-order valence-corrected chi connectivity index (χ4v) is 3.94. The molecule has 0 fully saturated rings. The summed E-state index contributed by atoms with van der Waals surface area (Å²) in [5, 5.41) is 19.4. The summed E-state index contributed by atoms with van der Waals surface area (Å²) in [6, 6.07) is 10.7. The Labute approximate surface area is 175 Å². The van der Waals surface area contributed by atoms with Crippen LogP contribution >= 0.6 is 0 Å². The lowest BCUT2D eigenvalue weighted by Crippen LogP contribution is -2.27. The van der Waals surface area contributed by atoms with E-state index in [0.717, 1.165) is 19.3 Å². The molecule has 0 saturated heterocycles. The van der Waals surface area contributed by atoms with Gasteiger partial charge in [0.2, 0.25) is 0 Å². The number of Topliss-reactive ketones (excluding diaryl/α,β-unsaturated/α-hetero) is 2. The van der Waals surface area contributed by atoms with Gasteiger partial charge in [-0.25, -0.2) is 0 Å². The molecule has 0 bridgehead atoms. The number of hydrogen-bond acceptors (Lipinski definition) is 4. The first-order valence-electron chi connectivity index (χ1n) is 11.3. The summed E-state index contributed by atoms with van der Waals surface area (Å²) in [6.45, 7) is 0. The van der Waals surface area contributed by atoms with Gasteiger partial charge in [0.1, 0.15) is 17.4 Å². The molecule has 1 aromatic rings. The number of ketones is 2. The lowest BCUT2D eigenvalue weighted by Gasteiger charge is -2.18. The van der Waals surface area contributed by atoms with Crippen LogP contribution in [0.5, 0.6) is 0 Å². The van der Waals surface area contributed by atoms with Crippen LogP contribution in [0.1, 0.15) is 89.0 Å². The molecule has 1 aliphatic carbocycles. The Bertz CT molecular complexity index is 663. The molecular weight excluding hydrogens is 364 g/mol. The van der Waals surface area contributed by atoms with Gasteiger partial charge in [0.25, 0.3) is 0 Å². The fourth-order valence-electron chi connectivity index (χ4n) is 3.94. The van der Waals surface area contributed by atoms with Crippen LogP contribution in [-0.4, -0.2) is 27.9 Å². The van der Waals surface area contributed by atoms with Crippen LogP contribution in [0.25, 0.3) is 0 Å². The van der Waals surface area contributed by atoms with Crippen LogP contribution < -0.4 is 0 Å². The number of carbonyl (C=O) groups excluding carboxylic acids is 2. The zero-order valence-electron chi connectivity index (χ0n) is 17.6. The first kappa shape index (κ1) is 23.3. The number of carbonyl (C=O) groups is 2. The van der Waals surface area contributed by atoms with Crippen LogP contribution in [0, 0.1) is 0 Å². The van der Waals surface area contributed by atoms with Gasteiger partial charge >= 0.3 is 0 Å². The van der Waals surface area contributed by atoms with Crippen molar-refractivity contribution in [2.45, 2.75) is 96.0 Å². The highest BCUT2D eigenvalue weighted by atomic mass is 16.3. The van der Waals surface area contributed by atoms with Crippen molar-refractivity contribution in [3.8, 4) is 0 Å². The van der Waals surface area contributed by atoms with E-state index in [1.807, 2.05) is 0 Å². The van der Waals surface area contributed by atoms with E-state index in [2.05, 4.69) is 30.3 Å². The number of aryl methyl sites for hydroxylation is 1. The van der Waals surface area contributed by atoms with Crippen molar-refractivity contribution in [1.82, 2.24) is 0 Å². The zero-order valence-corrected chi connectivity index (χ0v) is 17.6. The van der Waals surface area contributed by atoms with Gasteiger partial charge < -0.3 is 10.2 Å². The summed E-state index contributed by atoms with van der Waals surface area (Å²) in [4.78, 5) is 24.0. The van der Waals surface area contributed by atoms with Crippen molar-refractivity contribution in [2.24, 2.45) is 0 Å². The Balaban J connectivity index is 1.43. The van der Waals surface area contributed by atoms with Crippen molar-refractivity contribution in [3.05, 3.63) is 47.2 Å². The number of hydrogen-bond donors (Lipinski definition) is 2. The highest BCUT2D eigenvalue weighted by Gasteiger charge is 2.30. The van der Waals surface area contributed by atoms with E-state index >= 15 is 0 Å². The van der Waals surface area contributed by atoms with Gasteiger partial charge in [-0.2, -0.15) is 0 Å². The first-order chi connectivity index (χ1) is 14.1. The number of allylic oxidation sites excluding steroid dienone is 1. The SMILES string of the molecule is O=C(CCCCCCCCCCCCc1ccccc1)C1=C(O)C(O)CCC1=O. The number of rotatable bonds is 14. The van der Waals surface area contributed by atoms with Gasteiger partial charge in [-0.05, 0) is 31.2 Å². The smallest absolute Gasteiger partial charge is 0.170 e. The first-order valence-corrected chi connectivity index (χ1v) is 11.3. The van der Waals surface area contributed by atoms with Crippen LogP contribution in [0.15, 0.2) is 41.7 Å². The molecule has 4 heteroatoms. The lowest BCUT2D eigenvalue weighted by atomic mass is 9.89. The third-order valence-corrected chi connectivity index (χ3v) is 5.74. The van der Waals surface area contributed by atoms with Gasteiger partial charge in [0, 0.05) is 12.8 Å². The molecule has 1 aliphatic rings. The Hall–Kier alpha value is -1.94. The largest absolute Gasteiger partial charge is 0.509 e. The monoisotopic (exact) mass is 400 g/mol. The van der Waals surface area contributed by atoms with Gasteiger partial charge in [-0.15, -0.1) is 0 Å². The number of aliphatic hydroxyl groups is 2. The summed E-state index contributed by atoms with van der Waals surface area (Å²) >= 11 is 0. The summed E-state index contributed by atoms with van der Waals surface area (Å²) < 4.78 is 0. The highest BCUT2D eigenvalue weighted by Crippen LogP contribution is 2.23. The second-order valence-electron chi connectivity index (χ2n) is 8.18. The van der Waals surface area contributed by atoms with E-state index in [1.165, 1.54) is 56.9 Å². The average Bonchev–Trinajstić information content (AvgIpc) is 2.72. The summed E-state index contributed by atoms with van der Waals surface area (Å²) in [5.41, 5.74) is 1.28. The minimum absolute atomic E-state index is 0.137. The molecule has 2 rings (SSSR count). The van der Waals surface area contributed by atoms with E-state index in [9.17, 15) is 19.8 Å². The molecule has 29 heavy (non-hydrogen) atoms. The van der Waals surface area contributed by atoms with E-state index in [-0.39, 0.29) is 36.4 Å². The minimum atomic E-state index is -1.06. The maximum absolute atomic E-state index is 12.2. The second-order valence-corrected chi connectivity index (χ2v) is 8.18. The molecule has 0 saturated carbocycles. The zero-order chi connectivity index (χ0) is 20.9. The van der Waals surface area contributed by atoms with Crippen molar-refractivity contribution >= 4 is 11.6 Å². The number of unbranched alkanes of at least 4 members (excludes halogenated alkanes) is 9. The summed E-state index contributed by atoms with van der Waals surface area (Å²) in [6.07, 6.45) is 12.4. The number of aliphatic hydroxyl groups excluding tert-OH is 2. The van der Waals surface area contributed by atoms with Crippen molar-refractivity contribution in [2.75, 3.05) is 0 Å². The Morgan fingerprint density at radius 3 is 2.03 bits per heavy atom. The average molecular weight is 401 g/mol. The predicted molar refractivity (Wildman–Crippen MR) is 116 cm³/mol. The quantitative estimate of drug-likeness (QED) is 0.314. The molecule has 4 nitrogen and oxygen atoms in total. The number of benzene rings is 1. The van der Waals surface area contributed by atoms with Crippen LogP contribution in [-0.2, 0) is 16.0 Å². The molecule has 0 amide bonds. The topological polar surface area (TPSA) is 74.6 Å². The third kappa shape index (κ3) is 8.53. The minimum Gasteiger partial charge on any atom is -0.509 e. The Morgan fingerprint density at radius 1 is 0.862 bits per heavy atom. The van der Waals surface area contributed by atoms with E-state index in [1.54, 1.807) is 0 Å². The fraction of sp³-hybridized carbons (Fsp3) is 0.600. The Morgan fingerprint density at radius 2 is 1.41 bits per heavy atom. The van der Waals surface area contributed by atoms with Crippen molar-refractivity contribution < 1.29 is 19.8 Å². The molecule has 0 aliphatic heterocycles. The van der Waals surface area contributed by atoms with E-state index in [0.29, 0.717) is 0 Å². The standard InChI is InChI=1S/C25H36O4/c26-21(24-22(27)18-19-23(28)25(24)29)17-13-8-6-4-2-1-3-5-7-10-14-20-15-11-9-12-16-20/h9,11-12,15-16,23,28-29H,1-8,10,13-14,17-19H2. The van der Waals surface area contributed by atoms with E-state index in [4.69, 9.17) is 0 Å². The molecule has 0 radical (unpaired) electrons.